The maximum atomic E-state index is 12.8. The summed E-state index contributed by atoms with van der Waals surface area (Å²) in [5.41, 5.74) is 1.56. The van der Waals surface area contributed by atoms with Gasteiger partial charge in [0.05, 0.1) is 18.7 Å². The minimum Gasteiger partial charge on any atom is -0.383 e. The van der Waals surface area contributed by atoms with E-state index >= 15 is 0 Å². The average Bonchev–Trinajstić information content (AvgIpc) is 3.19. The maximum Gasteiger partial charge on any atom is 0.318 e. The number of piperidine rings is 1. The maximum absolute atomic E-state index is 12.8. The first-order valence-corrected chi connectivity index (χ1v) is 8.60. The number of nitrogens with one attached hydrogen (secondary N) is 2. The Bertz CT molecular complexity index is 769. The smallest absolute Gasteiger partial charge is 0.318 e. The molecule has 0 unspecified atom stereocenters. The highest BCUT2D eigenvalue weighted by Crippen LogP contribution is 2.24. The van der Waals surface area contributed by atoms with Crippen LogP contribution in [-0.2, 0) is 4.74 Å². The van der Waals surface area contributed by atoms with Crippen molar-refractivity contribution in [2.45, 2.75) is 18.5 Å². The Labute approximate surface area is 145 Å². The van der Waals surface area contributed by atoms with E-state index in [0.717, 1.165) is 17.3 Å². The number of likely N-dealkylation sites (tertiary alicyclic amines) is 1. The Morgan fingerprint density at radius 3 is 3.00 bits per heavy atom. The van der Waals surface area contributed by atoms with Crippen LogP contribution in [0.2, 0.25) is 0 Å². The summed E-state index contributed by atoms with van der Waals surface area (Å²) in [5.74, 6) is -0.0146. The number of methoxy groups -OCH3 is 1. The van der Waals surface area contributed by atoms with Crippen LogP contribution >= 0.6 is 0 Å². The molecule has 7 nitrogen and oxygen atoms in total. The normalized spacial score (nSPS) is 23.0. The van der Waals surface area contributed by atoms with E-state index in [0.29, 0.717) is 31.9 Å². The summed E-state index contributed by atoms with van der Waals surface area (Å²) in [6.45, 7) is 2.29. The number of ether oxygens (including phenoxy) is 1. The Morgan fingerprint density at radius 1 is 1.36 bits per heavy atom. The molecular weight excluding hydrogens is 320 g/mol. The van der Waals surface area contributed by atoms with Gasteiger partial charge in [-0.1, -0.05) is 18.2 Å². The number of carbonyl (C=O) groups is 2. The van der Waals surface area contributed by atoms with Crippen molar-refractivity contribution >= 4 is 22.8 Å². The van der Waals surface area contributed by atoms with Crippen LogP contribution in [0.4, 0.5) is 4.79 Å². The largest absolute Gasteiger partial charge is 0.383 e. The molecule has 1 aromatic heterocycles. The van der Waals surface area contributed by atoms with E-state index in [1.165, 1.54) is 0 Å². The second kappa shape index (κ2) is 6.40. The van der Waals surface area contributed by atoms with Crippen molar-refractivity contribution in [3.63, 3.8) is 0 Å². The van der Waals surface area contributed by atoms with Crippen molar-refractivity contribution in [2.24, 2.45) is 0 Å². The fraction of sp³-hybridized carbons (Fsp3) is 0.444. The standard InChI is InChI=1S/C18H22N4O3/c1-25-9-8-22-16-6-7-21(11-15(16)20-18(22)24)17(23)14-10-12-4-2-3-5-13(12)19-14/h2-5,10,15-16,19H,6-9,11H2,1H3,(H,20,24)/t15-,16+/m1/s1. The van der Waals surface area contributed by atoms with E-state index in [4.69, 9.17) is 4.74 Å². The molecule has 2 aliphatic heterocycles. The highest BCUT2D eigenvalue weighted by atomic mass is 16.5. The number of hydrogen-bond acceptors (Lipinski definition) is 3. The minimum absolute atomic E-state index is 0.0146. The van der Waals surface area contributed by atoms with Crippen molar-refractivity contribution in [2.75, 3.05) is 33.4 Å². The molecule has 2 aromatic rings. The van der Waals surface area contributed by atoms with Crippen LogP contribution in [0.15, 0.2) is 30.3 Å². The minimum atomic E-state index is -0.0630. The van der Waals surface area contributed by atoms with Gasteiger partial charge in [0.25, 0.3) is 5.91 Å². The van der Waals surface area contributed by atoms with Crippen LogP contribution in [0.3, 0.4) is 0 Å². The molecule has 2 atom stereocenters. The van der Waals surface area contributed by atoms with Crippen molar-refractivity contribution in [3.8, 4) is 0 Å². The van der Waals surface area contributed by atoms with E-state index in [1.807, 2.05) is 40.1 Å². The third-order valence-corrected chi connectivity index (χ3v) is 5.13. The monoisotopic (exact) mass is 342 g/mol. The van der Waals surface area contributed by atoms with E-state index in [1.54, 1.807) is 7.11 Å². The van der Waals surface area contributed by atoms with Gasteiger partial charge in [0.2, 0.25) is 0 Å². The summed E-state index contributed by atoms with van der Waals surface area (Å²) >= 11 is 0. The average molecular weight is 342 g/mol. The highest BCUT2D eigenvalue weighted by molar-refractivity contribution is 5.98. The first-order valence-electron chi connectivity index (χ1n) is 8.60. The Kier molecular flexibility index (Phi) is 4.09. The van der Waals surface area contributed by atoms with E-state index in [9.17, 15) is 9.59 Å². The molecule has 2 N–H and O–H groups in total. The number of aromatic amines is 1. The number of H-pyrrole nitrogens is 1. The number of nitrogens with zero attached hydrogens (tertiary/aromatic N) is 2. The van der Waals surface area contributed by atoms with E-state index < -0.39 is 0 Å². The second-order valence-electron chi connectivity index (χ2n) is 6.62. The van der Waals surface area contributed by atoms with Crippen LogP contribution in [0.1, 0.15) is 16.9 Å². The molecule has 3 amide bonds. The Hall–Kier alpha value is -2.54. The van der Waals surface area contributed by atoms with Crippen LogP contribution < -0.4 is 5.32 Å². The van der Waals surface area contributed by atoms with E-state index in [-0.39, 0.29) is 24.0 Å². The molecule has 2 aliphatic rings. The molecule has 0 saturated carbocycles. The topological polar surface area (TPSA) is 77.7 Å². The Morgan fingerprint density at radius 2 is 2.20 bits per heavy atom. The number of hydrogen-bond donors (Lipinski definition) is 2. The molecule has 1 aromatic carbocycles. The number of amides is 3. The molecule has 0 radical (unpaired) electrons. The van der Waals surface area contributed by atoms with Gasteiger partial charge in [0, 0.05) is 37.6 Å². The highest BCUT2D eigenvalue weighted by Gasteiger charge is 2.43. The first kappa shape index (κ1) is 16.0. The molecular formula is C18H22N4O3. The third-order valence-electron chi connectivity index (χ3n) is 5.13. The van der Waals surface area contributed by atoms with Crippen LogP contribution in [0, 0.1) is 0 Å². The van der Waals surface area contributed by atoms with Crippen LogP contribution in [-0.4, -0.2) is 72.2 Å². The molecule has 0 bridgehead atoms. The molecule has 25 heavy (non-hydrogen) atoms. The van der Waals surface area contributed by atoms with Gasteiger partial charge >= 0.3 is 6.03 Å². The zero-order valence-corrected chi connectivity index (χ0v) is 14.2. The van der Waals surface area contributed by atoms with Gasteiger partial charge in [0.15, 0.2) is 0 Å². The number of aromatic nitrogens is 1. The molecule has 132 valence electrons. The van der Waals surface area contributed by atoms with Gasteiger partial charge in [-0.2, -0.15) is 0 Å². The number of urea groups is 1. The molecule has 3 heterocycles. The fourth-order valence-corrected chi connectivity index (χ4v) is 3.85. The van der Waals surface area contributed by atoms with E-state index in [2.05, 4.69) is 10.3 Å². The number of rotatable bonds is 4. The third kappa shape index (κ3) is 2.84. The Balaban J connectivity index is 1.47. The molecule has 4 rings (SSSR count). The lowest BCUT2D eigenvalue weighted by Gasteiger charge is -2.36. The molecule has 7 heteroatoms. The zero-order chi connectivity index (χ0) is 17.4. The van der Waals surface area contributed by atoms with Gasteiger partial charge in [-0.05, 0) is 18.6 Å². The number of para-hydroxylation sites is 1. The summed E-state index contributed by atoms with van der Waals surface area (Å²) in [6.07, 6.45) is 0.777. The summed E-state index contributed by atoms with van der Waals surface area (Å²) in [4.78, 5) is 31.9. The SMILES string of the molecule is COCCN1C(=O)N[C@@H]2CN(C(=O)c3cc4ccccc4[nH]3)CC[C@@H]21. The second-order valence-corrected chi connectivity index (χ2v) is 6.62. The van der Waals surface area contributed by atoms with Crippen molar-refractivity contribution < 1.29 is 14.3 Å². The lowest BCUT2D eigenvalue weighted by atomic mass is 9.99. The molecule has 2 saturated heterocycles. The summed E-state index contributed by atoms with van der Waals surface area (Å²) < 4.78 is 5.09. The summed E-state index contributed by atoms with van der Waals surface area (Å²) in [6, 6.07) is 9.79. The van der Waals surface area contributed by atoms with Gasteiger partial charge in [-0.3, -0.25) is 4.79 Å². The van der Waals surface area contributed by atoms with Crippen LogP contribution in [0.5, 0.6) is 0 Å². The predicted molar refractivity (Wildman–Crippen MR) is 93.5 cm³/mol. The quantitative estimate of drug-likeness (QED) is 0.882. The molecule has 0 spiro atoms. The van der Waals surface area contributed by atoms with Crippen molar-refractivity contribution in [3.05, 3.63) is 36.0 Å². The first-order chi connectivity index (χ1) is 12.2. The van der Waals surface area contributed by atoms with Gasteiger partial charge < -0.3 is 24.8 Å². The van der Waals surface area contributed by atoms with Crippen molar-refractivity contribution in [1.29, 1.82) is 0 Å². The lowest BCUT2D eigenvalue weighted by Crippen LogP contribution is -2.53. The lowest BCUT2D eigenvalue weighted by molar-refractivity contribution is 0.0637. The van der Waals surface area contributed by atoms with Gasteiger partial charge in [0.1, 0.15) is 5.69 Å². The van der Waals surface area contributed by atoms with Gasteiger partial charge in [-0.15, -0.1) is 0 Å². The molecule has 0 aliphatic carbocycles. The number of fused-ring (bicyclic) bond motifs is 2. The van der Waals surface area contributed by atoms with Crippen LogP contribution in [0.25, 0.3) is 10.9 Å². The number of carbonyl (C=O) groups excluding carboxylic acids is 2. The van der Waals surface area contributed by atoms with Crippen molar-refractivity contribution in [1.82, 2.24) is 20.1 Å². The predicted octanol–water partition coefficient (Wildman–Crippen LogP) is 1.42. The fourth-order valence-electron chi connectivity index (χ4n) is 3.85. The molecule has 2 fully saturated rings. The zero-order valence-electron chi connectivity index (χ0n) is 14.2. The summed E-state index contributed by atoms with van der Waals surface area (Å²) in [7, 11) is 1.63. The van der Waals surface area contributed by atoms with Gasteiger partial charge in [-0.25, -0.2) is 4.79 Å². The summed E-state index contributed by atoms with van der Waals surface area (Å²) in [5, 5.41) is 4.03. The number of benzene rings is 1.